The summed E-state index contributed by atoms with van der Waals surface area (Å²) in [5, 5.41) is 8.78. The van der Waals surface area contributed by atoms with Gasteiger partial charge in [0.05, 0.1) is 5.52 Å². The van der Waals surface area contributed by atoms with E-state index in [0.717, 1.165) is 52.6 Å². The zero-order chi connectivity index (χ0) is 26.7. The summed E-state index contributed by atoms with van der Waals surface area (Å²) in [5.41, 5.74) is 1.57. The van der Waals surface area contributed by atoms with Crippen molar-refractivity contribution in [2.45, 2.75) is 51.7 Å². The number of nitrogens with one attached hydrogen (secondary N) is 2. The minimum absolute atomic E-state index is 0.0351. The van der Waals surface area contributed by atoms with Crippen LogP contribution in [0.1, 0.15) is 48.1 Å². The number of aromatic amines is 1. The number of aromatic nitrogens is 2. The molecule has 2 aromatic carbocycles. The van der Waals surface area contributed by atoms with Crippen LogP contribution in [0, 0.1) is 17.5 Å². The van der Waals surface area contributed by atoms with Crippen LogP contribution >= 0.6 is 11.6 Å². The highest BCUT2D eigenvalue weighted by molar-refractivity contribution is 6.91. The van der Waals surface area contributed by atoms with Gasteiger partial charge >= 0.3 is 0 Å². The molecule has 4 aromatic rings. The molecule has 37 heavy (non-hydrogen) atoms. The highest BCUT2D eigenvalue weighted by atomic mass is 35.5. The van der Waals surface area contributed by atoms with Crippen molar-refractivity contribution in [2.75, 3.05) is 6.54 Å². The molecular formula is C27H29ClF3N3O2Si. The molecule has 2 aromatic heterocycles. The van der Waals surface area contributed by atoms with Crippen molar-refractivity contribution in [3.8, 4) is 0 Å². The third-order valence-corrected chi connectivity index (χ3v) is 13.1. The molecule has 0 saturated carbocycles. The third kappa shape index (κ3) is 5.47. The molecular weight excluding hydrogens is 519 g/mol. The lowest BCUT2D eigenvalue weighted by Crippen LogP contribution is -2.48. The summed E-state index contributed by atoms with van der Waals surface area (Å²) in [4.78, 5) is 16.1. The van der Waals surface area contributed by atoms with Gasteiger partial charge < -0.3 is 14.8 Å². The van der Waals surface area contributed by atoms with Crippen LogP contribution in [-0.2, 0) is 12.8 Å². The Hall–Kier alpha value is -3.04. The van der Waals surface area contributed by atoms with Crippen molar-refractivity contribution in [3.63, 3.8) is 0 Å². The van der Waals surface area contributed by atoms with Crippen molar-refractivity contribution in [1.82, 2.24) is 15.5 Å². The van der Waals surface area contributed by atoms with E-state index in [1.807, 2.05) is 0 Å². The molecule has 0 aliphatic heterocycles. The van der Waals surface area contributed by atoms with Crippen LogP contribution in [0.4, 0.5) is 13.2 Å². The summed E-state index contributed by atoms with van der Waals surface area (Å²) in [6.07, 6.45) is 0.446. The second-order valence-electron chi connectivity index (χ2n) is 9.23. The predicted octanol–water partition coefficient (Wildman–Crippen LogP) is 6.51. The molecule has 0 spiro atoms. The van der Waals surface area contributed by atoms with Gasteiger partial charge in [0.15, 0.2) is 5.69 Å². The molecule has 196 valence electrons. The van der Waals surface area contributed by atoms with Crippen molar-refractivity contribution in [3.05, 3.63) is 81.5 Å². The molecule has 0 saturated heterocycles. The van der Waals surface area contributed by atoms with Crippen molar-refractivity contribution < 1.29 is 22.5 Å². The molecule has 10 heteroatoms. The minimum atomic E-state index is -1.91. The lowest BCUT2D eigenvalue weighted by Gasteiger charge is -2.28. The second-order valence-corrected chi connectivity index (χ2v) is 14.8. The maximum Gasteiger partial charge on any atom is 0.273 e. The van der Waals surface area contributed by atoms with Crippen LogP contribution < -0.4 is 10.6 Å². The summed E-state index contributed by atoms with van der Waals surface area (Å²) in [7, 11) is -1.91. The predicted molar refractivity (Wildman–Crippen MR) is 142 cm³/mol. The SMILES string of the molecule is CC[Si](CC)(CC)c1[nH]c2c(F)cc(Cl)cc2c1CCNC(=O)c1cc(Cc2cc(F)ccc2F)on1. The number of fused-ring (bicyclic) bond motifs is 1. The number of H-pyrrole nitrogens is 1. The number of hydrogen-bond donors (Lipinski definition) is 2. The van der Waals surface area contributed by atoms with Crippen molar-refractivity contribution >= 4 is 41.8 Å². The topological polar surface area (TPSA) is 70.9 Å². The van der Waals surface area contributed by atoms with Gasteiger partial charge in [-0.2, -0.15) is 0 Å². The Morgan fingerprint density at radius 3 is 2.49 bits per heavy atom. The summed E-state index contributed by atoms with van der Waals surface area (Å²) in [6.45, 7) is 6.82. The summed E-state index contributed by atoms with van der Waals surface area (Å²) in [6, 6.07) is 10.7. The van der Waals surface area contributed by atoms with E-state index in [2.05, 4.69) is 36.2 Å². The van der Waals surface area contributed by atoms with Gasteiger partial charge in [-0.15, -0.1) is 0 Å². The van der Waals surface area contributed by atoms with Gasteiger partial charge in [-0.1, -0.05) is 55.7 Å². The molecule has 0 unspecified atom stereocenters. The zero-order valence-corrected chi connectivity index (χ0v) is 22.7. The standard InChI is InChI=1S/C27H29ClF3N3O2Si/c1-4-37(5-2,6-3)27-20(21-13-17(28)14-23(31)25(21)33-27)9-10-32-26(35)24-15-19(36-34-24)12-16-11-18(29)7-8-22(16)30/h7-8,11,13-15,33H,4-6,9-10,12H2,1-3H3,(H,32,35). The first kappa shape index (κ1) is 27.0. The number of amides is 1. The van der Waals surface area contributed by atoms with E-state index in [0.29, 0.717) is 17.0 Å². The Morgan fingerprint density at radius 2 is 1.78 bits per heavy atom. The van der Waals surface area contributed by atoms with Gasteiger partial charge in [-0.3, -0.25) is 4.79 Å². The summed E-state index contributed by atoms with van der Waals surface area (Å²) >= 11 is 6.19. The normalized spacial score (nSPS) is 11.9. The van der Waals surface area contributed by atoms with Crippen LogP contribution in [0.5, 0.6) is 0 Å². The fourth-order valence-electron chi connectivity index (χ4n) is 5.03. The van der Waals surface area contributed by atoms with Crippen LogP contribution in [-0.4, -0.2) is 30.7 Å². The molecule has 4 rings (SSSR count). The van der Waals surface area contributed by atoms with Crippen molar-refractivity contribution in [1.29, 1.82) is 0 Å². The second kappa shape index (κ2) is 11.1. The van der Waals surface area contributed by atoms with E-state index in [-0.39, 0.29) is 30.0 Å². The zero-order valence-electron chi connectivity index (χ0n) is 21.0. The Labute approximate surface area is 219 Å². The molecule has 0 atom stereocenters. The number of carbonyl (C=O) groups excluding carboxylic acids is 1. The van der Waals surface area contributed by atoms with Gasteiger partial charge in [0.2, 0.25) is 0 Å². The molecule has 5 nitrogen and oxygen atoms in total. The van der Waals surface area contributed by atoms with Crippen LogP contribution in [0.15, 0.2) is 40.9 Å². The molecule has 0 aliphatic carbocycles. The van der Waals surface area contributed by atoms with E-state index in [1.54, 1.807) is 6.07 Å². The Bertz CT molecular complexity index is 1420. The number of halogens is 4. The summed E-state index contributed by atoms with van der Waals surface area (Å²) < 4.78 is 47.3. The Kier molecular flexibility index (Phi) is 8.13. The molecule has 1 amide bonds. The number of nitrogens with zero attached hydrogens (tertiary/aromatic N) is 1. The quantitative estimate of drug-likeness (QED) is 0.222. The molecule has 0 aliphatic rings. The fourth-order valence-corrected chi connectivity index (χ4v) is 9.08. The fraction of sp³-hybridized carbons (Fsp3) is 0.333. The summed E-state index contributed by atoms with van der Waals surface area (Å²) in [5.74, 6) is -1.74. The third-order valence-electron chi connectivity index (χ3n) is 7.32. The average molecular weight is 548 g/mol. The maximum atomic E-state index is 14.8. The van der Waals surface area contributed by atoms with Crippen LogP contribution in [0.3, 0.4) is 0 Å². The Balaban J connectivity index is 1.52. The molecule has 2 heterocycles. The number of carbonyl (C=O) groups is 1. The molecule has 0 fully saturated rings. The first-order valence-corrected chi connectivity index (χ1v) is 15.4. The van der Waals surface area contributed by atoms with E-state index in [4.69, 9.17) is 16.1 Å². The lowest BCUT2D eigenvalue weighted by atomic mass is 10.1. The van der Waals surface area contributed by atoms with Gasteiger partial charge in [0.1, 0.15) is 31.3 Å². The lowest BCUT2D eigenvalue weighted by molar-refractivity contribution is 0.0945. The largest absolute Gasteiger partial charge is 0.360 e. The van der Waals surface area contributed by atoms with Crippen molar-refractivity contribution in [2.24, 2.45) is 0 Å². The van der Waals surface area contributed by atoms with E-state index >= 15 is 0 Å². The first-order valence-electron chi connectivity index (χ1n) is 12.4. The average Bonchev–Trinajstić information content (AvgIpc) is 3.49. The highest BCUT2D eigenvalue weighted by Crippen LogP contribution is 2.30. The van der Waals surface area contributed by atoms with Gasteiger partial charge in [-0.05, 0) is 47.9 Å². The van der Waals surface area contributed by atoms with E-state index in [9.17, 15) is 18.0 Å². The maximum absolute atomic E-state index is 14.8. The highest BCUT2D eigenvalue weighted by Gasteiger charge is 2.34. The first-order chi connectivity index (χ1) is 17.7. The van der Waals surface area contributed by atoms with E-state index in [1.165, 1.54) is 12.1 Å². The molecule has 0 bridgehead atoms. The van der Waals surface area contributed by atoms with Gasteiger partial charge in [0.25, 0.3) is 5.91 Å². The van der Waals surface area contributed by atoms with Gasteiger partial charge in [-0.25, -0.2) is 13.2 Å². The molecule has 2 N–H and O–H groups in total. The molecule has 0 radical (unpaired) electrons. The van der Waals surface area contributed by atoms with Crippen LogP contribution in [0.2, 0.25) is 23.2 Å². The van der Waals surface area contributed by atoms with Gasteiger partial charge in [0, 0.05) is 34.8 Å². The number of hydrogen-bond acceptors (Lipinski definition) is 3. The smallest absolute Gasteiger partial charge is 0.273 e. The number of rotatable bonds is 10. The minimum Gasteiger partial charge on any atom is -0.360 e. The number of benzene rings is 2. The van der Waals surface area contributed by atoms with E-state index < -0.39 is 31.4 Å². The Morgan fingerprint density at radius 1 is 1.05 bits per heavy atom. The van der Waals surface area contributed by atoms with Crippen LogP contribution in [0.25, 0.3) is 10.9 Å². The monoisotopic (exact) mass is 547 g/mol.